The van der Waals surface area contributed by atoms with Crippen molar-refractivity contribution in [2.24, 2.45) is 11.7 Å². The second kappa shape index (κ2) is 5.86. The zero-order chi connectivity index (χ0) is 15.0. The molecule has 3 aliphatic rings. The number of likely N-dealkylation sites (tertiary alicyclic amines) is 2. The molecule has 5 nitrogen and oxygen atoms in total. The Morgan fingerprint density at radius 1 is 1.24 bits per heavy atom. The predicted molar refractivity (Wildman–Crippen MR) is 82.1 cm³/mol. The Labute approximate surface area is 127 Å². The fourth-order valence-electron chi connectivity index (χ4n) is 4.80. The predicted octanol–water partition coefficient (Wildman–Crippen LogP) is 1.13. The molecule has 1 saturated carbocycles. The molecule has 2 aliphatic heterocycles. The Morgan fingerprint density at radius 2 is 2.05 bits per heavy atom. The van der Waals surface area contributed by atoms with Crippen molar-refractivity contribution >= 4 is 5.97 Å². The van der Waals surface area contributed by atoms with Crippen LogP contribution in [0, 0.1) is 5.92 Å². The molecule has 120 valence electrons. The van der Waals surface area contributed by atoms with E-state index in [4.69, 9.17) is 5.73 Å². The largest absolute Gasteiger partial charge is 0.480 e. The molecule has 1 aliphatic carbocycles. The lowest BCUT2D eigenvalue weighted by atomic mass is 9.77. The van der Waals surface area contributed by atoms with E-state index in [9.17, 15) is 9.90 Å². The molecule has 3 rings (SSSR count). The lowest BCUT2D eigenvalue weighted by molar-refractivity contribution is -0.145. The third-order valence-electron chi connectivity index (χ3n) is 6.08. The van der Waals surface area contributed by atoms with Crippen molar-refractivity contribution in [2.45, 2.75) is 62.6 Å². The Hall–Kier alpha value is -0.650. The highest BCUT2D eigenvalue weighted by molar-refractivity contribution is 5.78. The number of nitrogens with zero attached hydrogens (tertiary/aromatic N) is 2. The van der Waals surface area contributed by atoms with E-state index in [-0.39, 0.29) is 0 Å². The number of rotatable bonds is 2. The molecule has 0 aromatic carbocycles. The molecule has 21 heavy (non-hydrogen) atoms. The van der Waals surface area contributed by atoms with E-state index in [0.717, 1.165) is 37.9 Å². The normalized spacial score (nSPS) is 42.5. The van der Waals surface area contributed by atoms with Crippen molar-refractivity contribution in [3.63, 3.8) is 0 Å². The summed E-state index contributed by atoms with van der Waals surface area (Å²) in [5.41, 5.74) is 5.12. The number of carbonyl (C=O) groups is 1. The lowest BCUT2D eigenvalue weighted by Crippen LogP contribution is -2.59. The maximum absolute atomic E-state index is 11.4. The highest BCUT2D eigenvalue weighted by Gasteiger charge is 2.43. The Bertz CT molecular complexity index is 403. The van der Waals surface area contributed by atoms with E-state index < -0.39 is 11.5 Å². The van der Waals surface area contributed by atoms with Gasteiger partial charge in [-0.15, -0.1) is 0 Å². The van der Waals surface area contributed by atoms with Gasteiger partial charge in [0.05, 0.1) is 0 Å². The fraction of sp³-hybridized carbons (Fsp3) is 0.938. The molecule has 0 bridgehead atoms. The second-order valence-corrected chi connectivity index (χ2v) is 7.45. The number of fused-ring (bicyclic) bond motifs is 1. The third-order valence-corrected chi connectivity index (χ3v) is 6.08. The van der Waals surface area contributed by atoms with Gasteiger partial charge in [0, 0.05) is 18.6 Å². The van der Waals surface area contributed by atoms with Crippen molar-refractivity contribution in [3.05, 3.63) is 0 Å². The summed E-state index contributed by atoms with van der Waals surface area (Å²) >= 11 is 0. The zero-order valence-corrected chi connectivity index (χ0v) is 13.1. The molecular formula is C16H29N3O2. The molecule has 0 amide bonds. The first-order valence-corrected chi connectivity index (χ1v) is 8.46. The Balaban J connectivity index is 1.64. The van der Waals surface area contributed by atoms with Gasteiger partial charge in [0.15, 0.2) is 0 Å². The molecule has 4 atom stereocenters. The summed E-state index contributed by atoms with van der Waals surface area (Å²) < 4.78 is 0. The molecule has 4 unspecified atom stereocenters. The third kappa shape index (κ3) is 2.96. The van der Waals surface area contributed by atoms with E-state index >= 15 is 0 Å². The first kappa shape index (κ1) is 15.3. The van der Waals surface area contributed by atoms with E-state index in [2.05, 4.69) is 16.8 Å². The number of carboxylic acid groups (broad SMARTS) is 1. The van der Waals surface area contributed by atoms with Crippen molar-refractivity contribution in [1.82, 2.24) is 9.80 Å². The average molecular weight is 295 g/mol. The number of hydrogen-bond donors (Lipinski definition) is 2. The zero-order valence-electron chi connectivity index (χ0n) is 13.1. The van der Waals surface area contributed by atoms with Gasteiger partial charge in [-0.05, 0) is 71.0 Å². The quantitative estimate of drug-likeness (QED) is 0.799. The minimum Gasteiger partial charge on any atom is -0.480 e. The van der Waals surface area contributed by atoms with E-state index in [1.807, 2.05) is 0 Å². The summed E-state index contributed by atoms with van der Waals surface area (Å²) in [5.74, 6) is -0.0593. The molecule has 3 N–H and O–H groups in total. The second-order valence-electron chi connectivity index (χ2n) is 7.45. The molecular weight excluding hydrogens is 266 g/mol. The van der Waals surface area contributed by atoms with Crippen molar-refractivity contribution in [2.75, 3.05) is 26.7 Å². The molecule has 0 radical (unpaired) electrons. The van der Waals surface area contributed by atoms with Crippen LogP contribution in [0.15, 0.2) is 0 Å². The summed E-state index contributed by atoms with van der Waals surface area (Å²) in [6, 6.07) is 1.11. The topological polar surface area (TPSA) is 69.8 Å². The summed E-state index contributed by atoms with van der Waals surface area (Å²) in [6.07, 6.45) is 7.15. The molecule has 2 saturated heterocycles. The van der Waals surface area contributed by atoms with Gasteiger partial charge >= 0.3 is 5.97 Å². The summed E-state index contributed by atoms with van der Waals surface area (Å²) in [7, 11) is 2.25. The van der Waals surface area contributed by atoms with E-state index in [0.29, 0.717) is 18.9 Å². The van der Waals surface area contributed by atoms with E-state index in [1.54, 1.807) is 0 Å². The maximum Gasteiger partial charge on any atom is 0.323 e. The number of piperidine rings is 2. The van der Waals surface area contributed by atoms with Crippen LogP contribution in [0.3, 0.4) is 0 Å². The van der Waals surface area contributed by atoms with Gasteiger partial charge in [0.2, 0.25) is 0 Å². The Kier molecular flexibility index (Phi) is 4.26. The van der Waals surface area contributed by atoms with Gasteiger partial charge in [-0.3, -0.25) is 9.69 Å². The number of nitrogens with two attached hydrogens (primary N) is 1. The highest BCUT2D eigenvalue weighted by Crippen LogP contribution is 2.35. The summed E-state index contributed by atoms with van der Waals surface area (Å²) in [6.45, 7) is 3.47. The van der Waals surface area contributed by atoms with Crippen molar-refractivity contribution < 1.29 is 9.90 Å². The number of carboxylic acids is 1. The van der Waals surface area contributed by atoms with Crippen LogP contribution in [-0.2, 0) is 4.79 Å². The molecule has 5 heteroatoms. The molecule has 0 aromatic heterocycles. The van der Waals surface area contributed by atoms with E-state index in [1.165, 1.54) is 25.8 Å². The fourth-order valence-corrected chi connectivity index (χ4v) is 4.80. The minimum absolute atomic E-state index is 0.369. The van der Waals surface area contributed by atoms with Crippen molar-refractivity contribution in [1.29, 1.82) is 0 Å². The molecule has 0 aromatic rings. The first-order valence-electron chi connectivity index (χ1n) is 8.46. The SMILES string of the molecule is CN1CCCC2CN(C3CCCC(N)(C(=O)O)C3)CCC21. The smallest absolute Gasteiger partial charge is 0.323 e. The first-order chi connectivity index (χ1) is 9.99. The average Bonchev–Trinajstić information content (AvgIpc) is 2.47. The molecule has 2 heterocycles. The summed E-state index contributed by atoms with van der Waals surface area (Å²) in [4.78, 5) is 16.5. The summed E-state index contributed by atoms with van der Waals surface area (Å²) in [5, 5.41) is 9.39. The monoisotopic (exact) mass is 295 g/mol. The number of aliphatic carboxylic acids is 1. The van der Waals surface area contributed by atoms with Crippen LogP contribution in [0.2, 0.25) is 0 Å². The van der Waals surface area contributed by atoms with Gasteiger partial charge in [0.1, 0.15) is 5.54 Å². The van der Waals surface area contributed by atoms with Crippen LogP contribution in [0.5, 0.6) is 0 Å². The van der Waals surface area contributed by atoms with Gasteiger partial charge < -0.3 is 15.7 Å². The van der Waals surface area contributed by atoms with Crippen LogP contribution in [0.1, 0.15) is 44.9 Å². The standard InChI is InChI=1S/C16H29N3O2/c1-18-8-3-4-12-11-19(9-6-14(12)18)13-5-2-7-16(17,10-13)15(20)21/h12-14H,2-11,17H2,1H3,(H,20,21). The van der Waals surface area contributed by atoms with Gasteiger partial charge in [-0.25, -0.2) is 0 Å². The van der Waals surface area contributed by atoms with Crippen LogP contribution in [0.4, 0.5) is 0 Å². The van der Waals surface area contributed by atoms with Gasteiger partial charge in [-0.1, -0.05) is 0 Å². The highest BCUT2D eigenvalue weighted by atomic mass is 16.4. The van der Waals surface area contributed by atoms with Gasteiger partial charge in [0.25, 0.3) is 0 Å². The van der Waals surface area contributed by atoms with Crippen LogP contribution in [0.25, 0.3) is 0 Å². The Morgan fingerprint density at radius 3 is 2.81 bits per heavy atom. The minimum atomic E-state index is -0.997. The van der Waals surface area contributed by atoms with Crippen molar-refractivity contribution in [3.8, 4) is 0 Å². The number of hydrogen-bond acceptors (Lipinski definition) is 4. The van der Waals surface area contributed by atoms with Gasteiger partial charge in [-0.2, -0.15) is 0 Å². The van der Waals surface area contributed by atoms with Crippen LogP contribution < -0.4 is 5.73 Å². The van der Waals surface area contributed by atoms with Crippen LogP contribution in [-0.4, -0.2) is 65.2 Å². The lowest BCUT2D eigenvalue weighted by Gasteiger charge is -2.49. The maximum atomic E-state index is 11.4. The molecule has 0 spiro atoms. The van der Waals surface area contributed by atoms with Crippen LogP contribution >= 0.6 is 0 Å². The molecule has 3 fully saturated rings.